The maximum absolute atomic E-state index is 11.6. The van der Waals surface area contributed by atoms with E-state index in [-0.39, 0.29) is 24.2 Å². The van der Waals surface area contributed by atoms with Crippen LogP contribution in [0.5, 0.6) is 0 Å². The normalized spacial score (nSPS) is 16.4. The summed E-state index contributed by atoms with van der Waals surface area (Å²) in [4.78, 5) is 24.8. The van der Waals surface area contributed by atoms with Crippen LogP contribution in [0.4, 0.5) is 0 Å². The fourth-order valence-corrected chi connectivity index (χ4v) is 2.17. The molecule has 1 aliphatic heterocycles. The maximum atomic E-state index is 11.6. The highest BCUT2D eigenvalue weighted by molar-refractivity contribution is 5.85. The number of carbonyl (C=O) groups is 2. The van der Waals surface area contributed by atoms with Gasteiger partial charge in [-0.15, -0.1) is 12.4 Å². The minimum absolute atomic E-state index is 0. The molecule has 1 fully saturated rings. The Hall–Kier alpha value is -0.810. The topological polar surface area (TPSA) is 75.4 Å². The quantitative estimate of drug-likeness (QED) is 0.685. The van der Waals surface area contributed by atoms with E-state index in [1.54, 1.807) is 0 Å². The maximum Gasteiger partial charge on any atom is 0.236 e. The molecule has 0 radical (unpaired) electrons. The molecule has 0 aliphatic carbocycles. The van der Waals surface area contributed by atoms with E-state index in [2.05, 4.69) is 5.32 Å². The molecule has 1 atom stereocenters. The highest BCUT2D eigenvalue weighted by Gasteiger charge is 2.19. The summed E-state index contributed by atoms with van der Waals surface area (Å²) in [7, 11) is 0. The van der Waals surface area contributed by atoms with Gasteiger partial charge in [0.1, 0.15) is 0 Å². The van der Waals surface area contributed by atoms with E-state index in [1.165, 1.54) is 0 Å². The lowest BCUT2D eigenvalue weighted by molar-refractivity contribution is -0.127. The molecule has 0 unspecified atom stereocenters. The van der Waals surface area contributed by atoms with E-state index < -0.39 is 6.04 Å². The second-order valence-electron chi connectivity index (χ2n) is 5.36. The van der Waals surface area contributed by atoms with E-state index in [1.807, 2.05) is 18.7 Å². The van der Waals surface area contributed by atoms with Crippen molar-refractivity contribution < 1.29 is 9.59 Å². The molecule has 0 aromatic carbocycles. The first-order valence-electron chi connectivity index (χ1n) is 6.81. The summed E-state index contributed by atoms with van der Waals surface area (Å²) in [6, 6.07) is -0.418. The van der Waals surface area contributed by atoms with Gasteiger partial charge in [0.25, 0.3) is 0 Å². The van der Waals surface area contributed by atoms with Crippen LogP contribution < -0.4 is 11.1 Å². The van der Waals surface area contributed by atoms with Crippen LogP contribution in [0, 0.1) is 5.92 Å². The van der Waals surface area contributed by atoms with Crippen molar-refractivity contribution in [2.24, 2.45) is 11.7 Å². The monoisotopic (exact) mass is 291 g/mol. The average molecular weight is 292 g/mol. The molecule has 0 spiro atoms. The van der Waals surface area contributed by atoms with Gasteiger partial charge in [0.2, 0.25) is 11.8 Å². The van der Waals surface area contributed by atoms with Crippen LogP contribution >= 0.6 is 12.4 Å². The zero-order valence-corrected chi connectivity index (χ0v) is 12.7. The van der Waals surface area contributed by atoms with E-state index >= 15 is 0 Å². The van der Waals surface area contributed by atoms with Crippen molar-refractivity contribution in [1.82, 2.24) is 10.2 Å². The molecule has 1 saturated heterocycles. The molecule has 0 saturated carbocycles. The number of amides is 2. The lowest BCUT2D eigenvalue weighted by Crippen LogP contribution is -2.42. The minimum Gasteiger partial charge on any atom is -0.355 e. The number of hydrogen-bond donors (Lipinski definition) is 2. The molecule has 1 heterocycles. The predicted molar refractivity (Wildman–Crippen MR) is 78.1 cm³/mol. The zero-order chi connectivity index (χ0) is 13.5. The van der Waals surface area contributed by atoms with Crippen molar-refractivity contribution in [3.05, 3.63) is 0 Å². The number of halogens is 1. The van der Waals surface area contributed by atoms with Gasteiger partial charge in [-0.05, 0) is 25.2 Å². The Bertz CT molecular complexity index is 298. The van der Waals surface area contributed by atoms with Crippen molar-refractivity contribution in [3.8, 4) is 0 Å². The Morgan fingerprint density at radius 3 is 2.68 bits per heavy atom. The van der Waals surface area contributed by atoms with E-state index in [0.29, 0.717) is 25.3 Å². The Kier molecular flexibility index (Phi) is 8.76. The SMILES string of the molecule is CC(C)C[C@H](N)C(=O)NCCCN1CCCC1=O.Cl. The third-order valence-electron chi connectivity index (χ3n) is 3.14. The molecule has 1 aliphatic rings. The lowest BCUT2D eigenvalue weighted by atomic mass is 10.0. The standard InChI is InChI=1S/C13H25N3O2.ClH/c1-10(2)9-11(14)13(18)15-6-4-8-16-7-3-5-12(16)17;/h10-11H,3-9,14H2,1-2H3,(H,15,18);1H/t11-;/m0./s1. The number of nitrogens with zero attached hydrogens (tertiary/aromatic N) is 1. The first-order valence-corrected chi connectivity index (χ1v) is 6.81. The van der Waals surface area contributed by atoms with Crippen LogP contribution in [-0.2, 0) is 9.59 Å². The molecule has 6 heteroatoms. The predicted octanol–water partition coefficient (Wildman–Crippen LogP) is 0.910. The van der Waals surface area contributed by atoms with Gasteiger partial charge < -0.3 is 16.0 Å². The third-order valence-corrected chi connectivity index (χ3v) is 3.14. The molecule has 0 bridgehead atoms. The molecule has 2 amide bonds. The number of rotatable bonds is 7. The summed E-state index contributed by atoms with van der Waals surface area (Å²) in [5.41, 5.74) is 5.77. The van der Waals surface area contributed by atoms with Gasteiger partial charge in [-0.2, -0.15) is 0 Å². The van der Waals surface area contributed by atoms with Gasteiger partial charge in [-0.1, -0.05) is 13.8 Å². The van der Waals surface area contributed by atoms with Crippen LogP contribution in [0.15, 0.2) is 0 Å². The first-order chi connectivity index (χ1) is 8.50. The van der Waals surface area contributed by atoms with Crippen molar-refractivity contribution in [1.29, 1.82) is 0 Å². The molecule has 19 heavy (non-hydrogen) atoms. The minimum atomic E-state index is -0.418. The number of nitrogens with one attached hydrogen (secondary N) is 1. The largest absolute Gasteiger partial charge is 0.355 e. The average Bonchev–Trinajstić information content (AvgIpc) is 2.69. The van der Waals surface area contributed by atoms with E-state index in [4.69, 9.17) is 5.73 Å². The third kappa shape index (κ3) is 6.78. The second kappa shape index (κ2) is 9.15. The van der Waals surface area contributed by atoms with Crippen LogP contribution in [0.3, 0.4) is 0 Å². The van der Waals surface area contributed by atoms with Crippen LogP contribution in [0.1, 0.15) is 39.5 Å². The molecule has 5 nitrogen and oxygen atoms in total. The summed E-state index contributed by atoms with van der Waals surface area (Å²) in [6.45, 7) is 6.28. The van der Waals surface area contributed by atoms with Crippen molar-refractivity contribution in [3.63, 3.8) is 0 Å². The molecular formula is C13H26ClN3O2. The molecule has 112 valence electrons. The second-order valence-corrected chi connectivity index (χ2v) is 5.36. The summed E-state index contributed by atoms with van der Waals surface area (Å²) >= 11 is 0. The Morgan fingerprint density at radius 1 is 1.47 bits per heavy atom. The summed E-state index contributed by atoms with van der Waals surface area (Å²) in [6.07, 6.45) is 3.14. The fraction of sp³-hybridized carbons (Fsp3) is 0.846. The lowest BCUT2D eigenvalue weighted by Gasteiger charge is -2.17. The van der Waals surface area contributed by atoms with Crippen molar-refractivity contribution in [2.75, 3.05) is 19.6 Å². The van der Waals surface area contributed by atoms with E-state index in [9.17, 15) is 9.59 Å². The molecule has 0 aromatic rings. The summed E-state index contributed by atoms with van der Waals surface area (Å²) in [5.74, 6) is 0.572. The molecule has 3 N–H and O–H groups in total. The van der Waals surface area contributed by atoms with Crippen molar-refractivity contribution in [2.45, 2.75) is 45.6 Å². The highest BCUT2D eigenvalue weighted by Crippen LogP contribution is 2.09. The zero-order valence-electron chi connectivity index (χ0n) is 11.9. The van der Waals surface area contributed by atoms with Crippen molar-refractivity contribution >= 4 is 24.2 Å². The summed E-state index contributed by atoms with van der Waals surface area (Å²) < 4.78 is 0. The molecular weight excluding hydrogens is 266 g/mol. The van der Waals surface area contributed by atoms with Gasteiger partial charge in [-0.3, -0.25) is 9.59 Å². The van der Waals surface area contributed by atoms with Gasteiger partial charge in [-0.25, -0.2) is 0 Å². The van der Waals surface area contributed by atoms with Gasteiger partial charge >= 0.3 is 0 Å². The summed E-state index contributed by atoms with van der Waals surface area (Å²) in [5, 5.41) is 2.82. The number of likely N-dealkylation sites (tertiary alicyclic amines) is 1. The van der Waals surface area contributed by atoms with Gasteiger partial charge in [0.15, 0.2) is 0 Å². The number of carbonyl (C=O) groups excluding carboxylic acids is 2. The highest BCUT2D eigenvalue weighted by atomic mass is 35.5. The van der Waals surface area contributed by atoms with Crippen LogP contribution in [0.25, 0.3) is 0 Å². The Balaban J connectivity index is 0.00000324. The van der Waals surface area contributed by atoms with Gasteiger partial charge in [0.05, 0.1) is 6.04 Å². The Morgan fingerprint density at radius 2 is 2.16 bits per heavy atom. The molecule has 0 aromatic heterocycles. The number of nitrogens with two attached hydrogens (primary N) is 1. The van der Waals surface area contributed by atoms with Crippen LogP contribution in [-0.4, -0.2) is 42.4 Å². The van der Waals surface area contributed by atoms with Gasteiger partial charge in [0, 0.05) is 26.1 Å². The fourth-order valence-electron chi connectivity index (χ4n) is 2.17. The Labute approximate surface area is 121 Å². The number of hydrogen-bond acceptors (Lipinski definition) is 3. The molecule has 1 rings (SSSR count). The van der Waals surface area contributed by atoms with Crippen LogP contribution in [0.2, 0.25) is 0 Å². The first kappa shape index (κ1) is 18.2. The van der Waals surface area contributed by atoms with E-state index in [0.717, 1.165) is 25.9 Å². The smallest absolute Gasteiger partial charge is 0.236 e.